The highest BCUT2D eigenvalue weighted by atomic mass is 79.9. The minimum Gasteiger partial charge on any atom is -0.279 e. The highest BCUT2D eigenvalue weighted by Crippen LogP contribution is 2.37. The van der Waals surface area contributed by atoms with E-state index in [1.807, 2.05) is 31.2 Å². The molecule has 0 N–H and O–H groups in total. The molecule has 146 valence electrons. The number of amides is 1. The minimum absolute atomic E-state index is 0.243. The predicted molar refractivity (Wildman–Crippen MR) is 123 cm³/mol. The summed E-state index contributed by atoms with van der Waals surface area (Å²) in [5.41, 5.74) is 3.07. The van der Waals surface area contributed by atoms with E-state index in [-0.39, 0.29) is 5.91 Å². The number of anilines is 1. The van der Waals surface area contributed by atoms with Crippen LogP contribution < -0.4 is 4.90 Å². The molecule has 0 aliphatic heterocycles. The van der Waals surface area contributed by atoms with Crippen molar-refractivity contribution in [3.05, 3.63) is 86.1 Å². The Bertz CT molecular complexity index is 1170. The Labute approximate surface area is 190 Å². The Morgan fingerprint density at radius 1 is 1.17 bits per heavy atom. The van der Waals surface area contributed by atoms with Crippen LogP contribution >= 0.6 is 50.5 Å². The maximum atomic E-state index is 13.5. The molecule has 0 saturated carbocycles. The maximum absolute atomic E-state index is 13.5. The first-order chi connectivity index (χ1) is 13.9. The lowest BCUT2D eigenvalue weighted by Gasteiger charge is -2.20. The van der Waals surface area contributed by atoms with E-state index in [1.165, 1.54) is 11.3 Å². The van der Waals surface area contributed by atoms with Crippen molar-refractivity contribution in [3.63, 3.8) is 0 Å². The number of halogens is 3. The van der Waals surface area contributed by atoms with Crippen LogP contribution in [-0.2, 0) is 6.54 Å². The summed E-state index contributed by atoms with van der Waals surface area (Å²) in [5, 5.41) is 1.55. The molecule has 1 amide bonds. The first-order valence-corrected chi connectivity index (χ1v) is 11.0. The number of thiazole rings is 1. The average molecular weight is 507 g/mol. The maximum Gasteiger partial charge on any atom is 0.261 e. The van der Waals surface area contributed by atoms with E-state index in [0.717, 1.165) is 25.8 Å². The Balaban J connectivity index is 1.84. The number of hydrogen-bond donors (Lipinski definition) is 0. The third kappa shape index (κ3) is 4.16. The fourth-order valence-corrected chi connectivity index (χ4v) is 4.79. The van der Waals surface area contributed by atoms with Gasteiger partial charge in [-0.25, -0.2) is 4.98 Å². The summed E-state index contributed by atoms with van der Waals surface area (Å²) in [6.07, 6.45) is 3.43. The molecule has 4 aromatic rings. The molecule has 2 aromatic carbocycles. The first kappa shape index (κ1) is 20.3. The largest absolute Gasteiger partial charge is 0.279 e. The second kappa shape index (κ2) is 8.40. The van der Waals surface area contributed by atoms with Gasteiger partial charge in [0, 0.05) is 16.9 Å². The molecule has 29 heavy (non-hydrogen) atoms. The Kier molecular flexibility index (Phi) is 5.88. The topological polar surface area (TPSA) is 46.1 Å². The molecule has 2 heterocycles. The summed E-state index contributed by atoms with van der Waals surface area (Å²) in [6.45, 7) is 2.28. The molecule has 0 aliphatic carbocycles. The quantitative estimate of drug-likeness (QED) is 0.302. The van der Waals surface area contributed by atoms with Crippen LogP contribution in [0.1, 0.15) is 21.5 Å². The van der Waals surface area contributed by atoms with Gasteiger partial charge in [0.05, 0.1) is 32.4 Å². The number of rotatable bonds is 4. The molecule has 0 fully saturated rings. The van der Waals surface area contributed by atoms with E-state index in [0.29, 0.717) is 27.3 Å². The van der Waals surface area contributed by atoms with Crippen molar-refractivity contribution in [2.24, 2.45) is 0 Å². The van der Waals surface area contributed by atoms with Crippen LogP contribution in [0.2, 0.25) is 10.0 Å². The zero-order valence-electron chi connectivity index (χ0n) is 15.2. The summed E-state index contributed by atoms with van der Waals surface area (Å²) in [4.78, 5) is 24.0. The number of hydrogen-bond acceptors (Lipinski definition) is 4. The summed E-state index contributed by atoms with van der Waals surface area (Å²) in [7, 11) is 0. The SMILES string of the molecule is Cc1ccc(Cl)c2sc(N(Cc3cccnc3)C(=O)c3cc(Br)ccc3Cl)nc12. The number of nitrogens with zero attached hydrogens (tertiary/aromatic N) is 3. The smallest absolute Gasteiger partial charge is 0.261 e. The van der Waals surface area contributed by atoms with Crippen LogP contribution in [0.25, 0.3) is 10.2 Å². The van der Waals surface area contributed by atoms with Gasteiger partial charge < -0.3 is 0 Å². The fourth-order valence-electron chi connectivity index (χ4n) is 2.91. The molecule has 0 aliphatic rings. The van der Waals surface area contributed by atoms with E-state index in [9.17, 15) is 4.79 Å². The van der Waals surface area contributed by atoms with E-state index >= 15 is 0 Å². The van der Waals surface area contributed by atoms with Gasteiger partial charge in [-0.15, -0.1) is 0 Å². The Hall–Kier alpha value is -1.99. The lowest BCUT2D eigenvalue weighted by atomic mass is 10.2. The average Bonchev–Trinajstić information content (AvgIpc) is 3.18. The van der Waals surface area contributed by atoms with Crippen LogP contribution in [0.15, 0.2) is 59.3 Å². The number of aromatic nitrogens is 2. The van der Waals surface area contributed by atoms with E-state index in [2.05, 4.69) is 20.9 Å². The van der Waals surface area contributed by atoms with Crippen LogP contribution in [-0.4, -0.2) is 15.9 Å². The summed E-state index contributed by atoms with van der Waals surface area (Å²) in [6, 6.07) is 12.7. The number of aryl methyl sites for hydroxylation is 1. The number of carbonyl (C=O) groups excluding carboxylic acids is 1. The number of fused-ring (bicyclic) bond motifs is 1. The standard InChI is InChI=1S/C21H14BrCl2N3OS/c1-12-4-6-17(24)19-18(12)26-21(29-19)27(11-13-3-2-8-25-10-13)20(28)15-9-14(22)5-7-16(15)23/h2-10H,11H2,1H3. The van der Waals surface area contributed by atoms with Gasteiger partial charge >= 0.3 is 0 Å². The van der Waals surface area contributed by atoms with Crippen molar-refractivity contribution >= 4 is 71.7 Å². The van der Waals surface area contributed by atoms with Crippen LogP contribution in [0.3, 0.4) is 0 Å². The molecule has 8 heteroatoms. The van der Waals surface area contributed by atoms with Gasteiger partial charge in [-0.2, -0.15) is 0 Å². The normalized spacial score (nSPS) is 11.0. The van der Waals surface area contributed by atoms with Crippen LogP contribution in [0.5, 0.6) is 0 Å². The molecular weight excluding hydrogens is 493 g/mol. The van der Waals surface area contributed by atoms with Crippen LogP contribution in [0.4, 0.5) is 5.13 Å². The van der Waals surface area contributed by atoms with Gasteiger partial charge in [0.1, 0.15) is 0 Å². The van der Waals surface area contributed by atoms with Gasteiger partial charge in [-0.3, -0.25) is 14.7 Å². The molecule has 0 spiro atoms. The zero-order chi connectivity index (χ0) is 20.5. The molecule has 0 bridgehead atoms. The van der Waals surface area contributed by atoms with Crippen LogP contribution in [0, 0.1) is 6.92 Å². The van der Waals surface area contributed by atoms with Crippen molar-refractivity contribution in [3.8, 4) is 0 Å². The number of benzene rings is 2. The second-order valence-corrected chi connectivity index (χ2v) is 9.12. The third-order valence-corrected chi connectivity index (χ3v) is 6.75. The number of pyridine rings is 1. The molecule has 0 unspecified atom stereocenters. The molecule has 0 atom stereocenters. The summed E-state index contributed by atoms with van der Waals surface area (Å²) >= 11 is 17.5. The van der Waals surface area contributed by atoms with E-state index in [1.54, 1.807) is 35.5 Å². The summed E-state index contributed by atoms with van der Waals surface area (Å²) < 4.78 is 1.63. The minimum atomic E-state index is -0.243. The molecule has 2 aromatic heterocycles. The van der Waals surface area contributed by atoms with Crippen molar-refractivity contribution in [1.82, 2.24) is 9.97 Å². The lowest BCUT2D eigenvalue weighted by molar-refractivity contribution is 0.0985. The Morgan fingerprint density at radius 2 is 1.97 bits per heavy atom. The predicted octanol–water partition coefficient (Wildman–Crippen LogP) is 6.92. The van der Waals surface area contributed by atoms with E-state index < -0.39 is 0 Å². The monoisotopic (exact) mass is 505 g/mol. The lowest BCUT2D eigenvalue weighted by Crippen LogP contribution is -2.30. The third-order valence-electron chi connectivity index (χ3n) is 4.38. The second-order valence-electron chi connectivity index (χ2n) is 6.42. The highest BCUT2D eigenvalue weighted by Gasteiger charge is 2.25. The summed E-state index contributed by atoms with van der Waals surface area (Å²) in [5.74, 6) is -0.243. The highest BCUT2D eigenvalue weighted by molar-refractivity contribution is 9.10. The van der Waals surface area contributed by atoms with E-state index in [4.69, 9.17) is 28.2 Å². The van der Waals surface area contributed by atoms with Crippen molar-refractivity contribution in [2.75, 3.05) is 4.90 Å². The molecular formula is C21H14BrCl2N3OS. The molecule has 4 nitrogen and oxygen atoms in total. The van der Waals surface area contributed by atoms with Gasteiger partial charge in [0.2, 0.25) is 0 Å². The van der Waals surface area contributed by atoms with Gasteiger partial charge in [0.25, 0.3) is 5.91 Å². The van der Waals surface area contributed by atoms with Gasteiger partial charge in [-0.1, -0.05) is 62.6 Å². The molecule has 4 rings (SSSR count). The zero-order valence-corrected chi connectivity index (χ0v) is 19.1. The first-order valence-electron chi connectivity index (χ1n) is 8.65. The van der Waals surface area contributed by atoms with Crippen molar-refractivity contribution in [2.45, 2.75) is 13.5 Å². The van der Waals surface area contributed by atoms with Crippen molar-refractivity contribution in [1.29, 1.82) is 0 Å². The number of carbonyl (C=O) groups is 1. The van der Waals surface area contributed by atoms with Gasteiger partial charge in [0.15, 0.2) is 5.13 Å². The van der Waals surface area contributed by atoms with Gasteiger partial charge in [-0.05, 0) is 48.4 Å². The molecule has 0 saturated heterocycles. The molecule has 0 radical (unpaired) electrons. The van der Waals surface area contributed by atoms with Crippen molar-refractivity contribution < 1.29 is 4.79 Å². The Morgan fingerprint density at radius 3 is 2.69 bits per heavy atom. The fraction of sp³-hybridized carbons (Fsp3) is 0.0952.